The third-order valence-corrected chi connectivity index (χ3v) is 3.13. The molecule has 1 rings (SSSR count). The van der Waals surface area contributed by atoms with Crippen LogP contribution in [-0.2, 0) is 9.53 Å². The predicted molar refractivity (Wildman–Crippen MR) is 65.7 cm³/mol. The Labute approximate surface area is 103 Å². The molecule has 0 spiro atoms. The molecule has 0 aromatic carbocycles. The summed E-state index contributed by atoms with van der Waals surface area (Å²) in [6.45, 7) is 7.62. The number of alkyl carbamates (subject to hydrolysis) is 1. The Morgan fingerprint density at radius 1 is 1.35 bits per heavy atom. The van der Waals surface area contributed by atoms with Gasteiger partial charge in [-0.1, -0.05) is 6.92 Å². The molecule has 0 aromatic rings. The zero-order chi connectivity index (χ0) is 13.1. The lowest BCUT2D eigenvalue weighted by Gasteiger charge is -2.33. The third kappa shape index (κ3) is 4.75. The van der Waals surface area contributed by atoms with E-state index in [1.165, 1.54) is 0 Å². The number of amides is 1. The summed E-state index contributed by atoms with van der Waals surface area (Å²) in [5.41, 5.74) is -0.480. The van der Waals surface area contributed by atoms with E-state index in [4.69, 9.17) is 4.74 Å². The van der Waals surface area contributed by atoms with E-state index in [-0.39, 0.29) is 18.1 Å². The van der Waals surface area contributed by atoms with Crippen LogP contribution in [0.25, 0.3) is 0 Å². The summed E-state index contributed by atoms with van der Waals surface area (Å²) in [7, 11) is 0. The summed E-state index contributed by atoms with van der Waals surface area (Å²) in [5, 5.41) is 2.87. The molecule has 0 radical (unpaired) electrons. The molecule has 1 fully saturated rings. The molecule has 0 aromatic heterocycles. The Morgan fingerprint density at radius 3 is 2.53 bits per heavy atom. The first kappa shape index (κ1) is 14.0. The van der Waals surface area contributed by atoms with Crippen molar-refractivity contribution in [3.8, 4) is 0 Å². The second-order valence-electron chi connectivity index (χ2n) is 5.94. The molecule has 0 heterocycles. The highest BCUT2D eigenvalue weighted by molar-refractivity contribution is 5.68. The molecule has 1 N–H and O–H groups in total. The van der Waals surface area contributed by atoms with Gasteiger partial charge in [0.1, 0.15) is 11.9 Å². The van der Waals surface area contributed by atoms with Crippen molar-refractivity contribution in [1.29, 1.82) is 0 Å². The SMILES string of the molecule is C[C@H]1CC[C@@H](C=O)CC1NC(=O)OC(C)(C)C. The zero-order valence-corrected chi connectivity index (χ0v) is 11.2. The second kappa shape index (κ2) is 5.52. The van der Waals surface area contributed by atoms with E-state index >= 15 is 0 Å². The van der Waals surface area contributed by atoms with Crippen molar-refractivity contribution in [2.75, 3.05) is 0 Å². The van der Waals surface area contributed by atoms with Crippen molar-refractivity contribution >= 4 is 12.4 Å². The molecule has 1 unspecified atom stereocenters. The van der Waals surface area contributed by atoms with Crippen LogP contribution in [0, 0.1) is 11.8 Å². The maximum atomic E-state index is 11.6. The smallest absolute Gasteiger partial charge is 0.407 e. The molecule has 1 amide bonds. The average Bonchev–Trinajstić information content (AvgIpc) is 2.18. The second-order valence-corrected chi connectivity index (χ2v) is 5.94. The number of nitrogens with one attached hydrogen (secondary N) is 1. The number of hydrogen-bond donors (Lipinski definition) is 1. The quantitative estimate of drug-likeness (QED) is 0.756. The van der Waals surface area contributed by atoms with Gasteiger partial charge in [-0.25, -0.2) is 4.79 Å². The molecule has 98 valence electrons. The molecule has 4 heteroatoms. The zero-order valence-electron chi connectivity index (χ0n) is 11.2. The average molecular weight is 241 g/mol. The van der Waals surface area contributed by atoms with Crippen LogP contribution in [0.3, 0.4) is 0 Å². The van der Waals surface area contributed by atoms with E-state index < -0.39 is 5.60 Å². The highest BCUT2D eigenvalue weighted by Crippen LogP contribution is 2.27. The van der Waals surface area contributed by atoms with E-state index in [2.05, 4.69) is 12.2 Å². The normalized spacial score (nSPS) is 29.5. The predicted octanol–water partition coefficient (Wildman–Crippen LogP) is 2.51. The Hall–Kier alpha value is -1.06. The van der Waals surface area contributed by atoms with Gasteiger partial charge in [0.05, 0.1) is 0 Å². The molecule has 0 bridgehead atoms. The summed E-state index contributed by atoms with van der Waals surface area (Å²) < 4.78 is 5.22. The Morgan fingerprint density at radius 2 is 2.00 bits per heavy atom. The first-order valence-corrected chi connectivity index (χ1v) is 6.26. The third-order valence-electron chi connectivity index (χ3n) is 3.13. The standard InChI is InChI=1S/C13H23NO3/c1-9-5-6-10(8-15)7-11(9)14-12(16)17-13(2,3)4/h8-11H,5-7H2,1-4H3,(H,14,16)/t9-,10+,11?/m0/s1. The molecular weight excluding hydrogens is 218 g/mol. The van der Waals surface area contributed by atoms with E-state index in [1.807, 2.05) is 20.8 Å². The van der Waals surface area contributed by atoms with Crippen molar-refractivity contribution in [2.45, 2.75) is 58.6 Å². The molecule has 0 aliphatic heterocycles. The lowest BCUT2D eigenvalue weighted by Crippen LogP contribution is -2.45. The number of ether oxygens (including phenoxy) is 1. The Bertz CT molecular complexity index is 283. The van der Waals surface area contributed by atoms with E-state index in [9.17, 15) is 9.59 Å². The van der Waals surface area contributed by atoms with Gasteiger partial charge in [0.2, 0.25) is 0 Å². The van der Waals surface area contributed by atoms with Crippen molar-refractivity contribution in [3.63, 3.8) is 0 Å². The van der Waals surface area contributed by atoms with Crippen LogP contribution in [0.1, 0.15) is 47.0 Å². The summed E-state index contributed by atoms with van der Waals surface area (Å²) in [4.78, 5) is 22.4. The first-order valence-electron chi connectivity index (χ1n) is 6.26. The van der Waals surface area contributed by atoms with E-state index in [1.54, 1.807) is 0 Å². The topological polar surface area (TPSA) is 55.4 Å². The number of carbonyl (C=O) groups is 2. The van der Waals surface area contributed by atoms with Crippen molar-refractivity contribution in [3.05, 3.63) is 0 Å². The summed E-state index contributed by atoms with van der Waals surface area (Å²) >= 11 is 0. The van der Waals surface area contributed by atoms with Gasteiger partial charge in [0.15, 0.2) is 0 Å². The van der Waals surface area contributed by atoms with Crippen LogP contribution >= 0.6 is 0 Å². The lowest BCUT2D eigenvalue weighted by molar-refractivity contribution is -0.112. The van der Waals surface area contributed by atoms with Gasteiger partial charge >= 0.3 is 6.09 Å². The van der Waals surface area contributed by atoms with Gasteiger partial charge in [-0.2, -0.15) is 0 Å². The Kier molecular flexibility index (Phi) is 4.54. The maximum Gasteiger partial charge on any atom is 0.407 e. The number of rotatable bonds is 2. The molecule has 1 aliphatic carbocycles. The van der Waals surface area contributed by atoms with Gasteiger partial charge in [-0.05, 0) is 46.0 Å². The molecule has 4 nitrogen and oxygen atoms in total. The Balaban J connectivity index is 2.48. The van der Waals surface area contributed by atoms with Crippen LogP contribution < -0.4 is 5.32 Å². The van der Waals surface area contributed by atoms with Crippen LogP contribution in [-0.4, -0.2) is 24.0 Å². The monoisotopic (exact) mass is 241 g/mol. The minimum Gasteiger partial charge on any atom is -0.444 e. The number of hydrogen-bond acceptors (Lipinski definition) is 3. The van der Waals surface area contributed by atoms with Crippen molar-refractivity contribution < 1.29 is 14.3 Å². The first-order chi connectivity index (χ1) is 7.81. The van der Waals surface area contributed by atoms with Crippen molar-refractivity contribution in [1.82, 2.24) is 5.32 Å². The number of carbonyl (C=O) groups excluding carboxylic acids is 2. The maximum absolute atomic E-state index is 11.6. The molecular formula is C13H23NO3. The van der Waals surface area contributed by atoms with Crippen LogP contribution in [0.4, 0.5) is 4.79 Å². The molecule has 1 saturated carbocycles. The molecule has 0 saturated heterocycles. The van der Waals surface area contributed by atoms with Gasteiger partial charge in [-0.3, -0.25) is 0 Å². The van der Waals surface area contributed by atoms with Gasteiger partial charge in [0, 0.05) is 12.0 Å². The van der Waals surface area contributed by atoms with Crippen LogP contribution in [0.5, 0.6) is 0 Å². The van der Waals surface area contributed by atoms with E-state index in [0.29, 0.717) is 5.92 Å². The summed E-state index contributed by atoms with van der Waals surface area (Å²) in [5.74, 6) is 0.477. The minimum absolute atomic E-state index is 0.0498. The largest absolute Gasteiger partial charge is 0.444 e. The van der Waals surface area contributed by atoms with Crippen LogP contribution in [0.2, 0.25) is 0 Å². The van der Waals surface area contributed by atoms with Crippen molar-refractivity contribution in [2.24, 2.45) is 11.8 Å². The minimum atomic E-state index is -0.480. The van der Waals surface area contributed by atoms with E-state index in [0.717, 1.165) is 25.5 Å². The summed E-state index contributed by atoms with van der Waals surface area (Å²) in [6, 6.07) is 0.0498. The lowest BCUT2D eigenvalue weighted by atomic mass is 9.80. The van der Waals surface area contributed by atoms with Gasteiger partial charge in [-0.15, -0.1) is 0 Å². The highest BCUT2D eigenvalue weighted by atomic mass is 16.6. The number of aldehydes is 1. The highest BCUT2D eigenvalue weighted by Gasteiger charge is 2.29. The fraction of sp³-hybridized carbons (Fsp3) is 0.846. The summed E-state index contributed by atoms with van der Waals surface area (Å²) in [6.07, 6.45) is 3.24. The van der Waals surface area contributed by atoms with Crippen LogP contribution in [0.15, 0.2) is 0 Å². The van der Waals surface area contributed by atoms with Gasteiger partial charge in [0.25, 0.3) is 0 Å². The molecule has 1 aliphatic rings. The fourth-order valence-corrected chi connectivity index (χ4v) is 2.14. The van der Waals surface area contributed by atoms with Gasteiger partial charge < -0.3 is 14.8 Å². The molecule has 3 atom stereocenters. The fourth-order valence-electron chi connectivity index (χ4n) is 2.14. The molecule has 17 heavy (non-hydrogen) atoms.